The molecule has 0 radical (unpaired) electrons. The van der Waals surface area contributed by atoms with E-state index in [2.05, 4.69) is 15.0 Å². The van der Waals surface area contributed by atoms with Gasteiger partial charge in [0, 0.05) is 32.9 Å². The van der Waals surface area contributed by atoms with Crippen LogP contribution in [0.3, 0.4) is 0 Å². The highest BCUT2D eigenvalue weighted by Gasteiger charge is 2.20. The van der Waals surface area contributed by atoms with Crippen molar-refractivity contribution >= 4 is 15.8 Å². The number of sulfone groups is 1. The van der Waals surface area contributed by atoms with Crippen LogP contribution in [0.15, 0.2) is 29.3 Å². The van der Waals surface area contributed by atoms with Crippen LogP contribution in [-0.2, 0) is 16.4 Å². The second-order valence-corrected chi connectivity index (χ2v) is 9.85. The highest BCUT2D eigenvalue weighted by atomic mass is 32.2. The summed E-state index contributed by atoms with van der Waals surface area (Å²) in [5.74, 6) is 0.951. The van der Waals surface area contributed by atoms with Crippen molar-refractivity contribution in [1.82, 2.24) is 10.2 Å². The Bertz CT molecular complexity index is 735. The van der Waals surface area contributed by atoms with Crippen molar-refractivity contribution in [3.05, 3.63) is 29.8 Å². The number of alkyl halides is 2. The second kappa shape index (κ2) is 10.6. The van der Waals surface area contributed by atoms with Gasteiger partial charge >= 0.3 is 6.61 Å². The molecule has 0 atom stereocenters. The maximum atomic E-state index is 12.2. The molecule has 28 heavy (non-hydrogen) atoms. The summed E-state index contributed by atoms with van der Waals surface area (Å²) in [6, 6.07) is 6.48. The molecular formula is C19H31F2N3O3S. The molecule has 0 bridgehead atoms. The van der Waals surface area contributed by atoms with Crippen LogP contribution >= 0.6 is 0 Å². The minimum absolute atomic E-state index is 0.120. The van der Waals surface area contributed by atoms with Crippen LogP contribution in [0.4, 0.5) is 8.78 Å². The first-order chi connectivity index (χ1) is 12.9. The quantitative estimate of drug-likeness (QED) is 0.466. The first-order valence-electron chi connectivity index (χ1n) is 9.13. The molecule has 0 unspecified atom stereocenters. The largest absolute Gasteiger partial charge is 0.435 e. The van der Waals surface area contributed by atoms with Crippen LogP contribution in [-0.4, -0.2) is 58.0 Å². The normalized spacial score (nSPS) is 12.9. The van der Waals surface area contributed by atoms with Crippen molar-refractivity contribution in [2.75, 3.05) is 32.1 Å². The first-order valence-corrected chi connectivity index (χ1v) is 11.2. The number of rotatable bonds is 10. The van der Waals surface area contributed by atoms with Crippen molar-refractivity contribution in [2.24, 2.45) is 10.4 Å². The van der Waals surface area contributed by atoms with Crippen molar-refractivity contribution in [3.8, 4) is 5.75 Å². The molecule has 1 aromatic rings. The van der Waals surface area contributed by atoms with Crippen LogP contribution in [0, 0.1) is 5.41 Å². The molecule has 1 N–H and O–H groups in total. The number of benzene rings is 1. The van der Waals surface area contributed by atoms with E-state index >= 15 is 0 Å². The van der Waals surface area contributed by atoms with Crippen LogP contribution in [0.2, 0.25) is 0 Å². The Labute approximate surface area is 166 Å². The predicted octanol–water partition coefficient (Wildman–Crippen LogP) is 3.15. The molecule has 0 aliphatic carbocycles. The third kappa shape index (κ3) is 9.87. The lowest BCUT2D eigenvalue weighted by Crippen LogP contribution is -2.39. The van der Waals surface area contributed by atoms with E-state index in [1.165, 1.54) is 18.4 Å². The summed E-state index contributed by atoms with van der Waals surface area (Å²) in [4.78, 5) is 6.58. The Morgan fingerprint density at radius 3 is 2.39 bits per heavy atom. The molecule has 1 aromatic carbocycles. The van der Waals surface area contributed by atoms with Crippen LogP contribution < -0.4 is 10.1 Å². The standard InChI is InChI=1S/C19H31F2N3O3S/c1-6-22-18(23-14-19(2,3)11-12-28(5,25)26)24(4)13-15-7-9-16(10-8-15)27-17(20)21/h7-10,17H,6,11-14H2,1-5H3,(H,22,23). The Balaban J connectivity index is 2.76. The molecular weight excluding hydrogens is 388 g/mol. The summed E-state index contributed by atoms with van der Waals surface area (Å²) in [6.07, 6.45) is 1.77. The zero-order chi connectivity index (χ0) is 21.4. The van der Waals surface area contributed by atoms with E-state index in [1.54, 1.807) is 12.1 Å². The Hall–Kier alpha value is -1.90. The Morgan fingerprint density at radius 2 is 1.89 bits per heavy atom. The number of ether oxygens (including phenoxy) is 1. The summed E-state index contributed by atoms with van der Waals surface area (Å²) >= 11 is 0. The minimum atomic E-state index is -3.01. The fourth-order valence-electron chi connectivity index (χ4n) is 2.42. The van der Waals surface area contributed by atoms with Gasteiger partial charge in [-0.15, -0.1) is 0 Å². The number of hydrogen-bond donors (Lipinski definition) is 1. The van der Waals surface area contributed by atoms with Gasteiger partial charge in [-0.2, -0.15) is 8.78 Å². The van der Waals surface area contributed by atoms with Crippen LogP contribution in [0.5, 0.6) is 5.75 Å². The first kappa shape index (κ1) is 24.1. The lowest BCUT2D eigenvalue weighted by atomic mass is 9.90. The van der Waals surface area contributed by atoms with Crippen molar-refractivity contribution in [3.63, 3.8) is 0 Å². The summed E-state index contributed by atoms with van der Waals surface area (Å²) in [6.45, 7) is 4.82. The Kier molecular flexibility index (Phi) is 9.13. The third-order valence-corrected chi connectivity index (χ3v) is 5.02. The van der Waals surface area contributed by atoms with E-state index < -0.39 is 16.4 Å². The van der Waals surface area contributed by atoms with E-state index in [0.29, 0.717) is 32.0 Å². The SMILES string of the molecule is CCNC(=NCC(C)(C)CCS(C)(=O)=O)N(C)Cc1ccc(OC(F)F)cc1. The van der Waals surface area contributed by atoms with Gasteiger partial charge in [-0.05, 0) is 36.5 Å². The Morgan fingerprint density at radius 1 is 1.29 bits per heavy atom. The number of halogens is 2. The summed E-state index contributed by atoms with van der Waals surface area (Å²) in [5.41, 5.74) is 0.671. The molecule has 0 fully saturated rings. The molecule has 0 spiro atoms. The molecule has 0 saturated carbocycles. The van der Waals surface area contributed by atoms with Gasteiger partial charge in [0.25, 0.3) is 0 Å². The topological polar surface area (TPSA) is 71.0 Å². The molecule has 0 saturated heterocycles. The highest BCUT2D eigenvalue weighted by molar-refractivity contribution is 7.90. The lowest BCUT2D eigenvalue weighted by Gasteiger charge is -2.26. The molecule has 160 valence electrons. The maximum absolute atomic E-state index is 12.2. The molecule has 0 amide bonds. The van der Waals surface area contributed by atoms with Crippen molar-refractivity contribution < 1.29 is 21.9 Å². The lowest BCUT2D eigenvalue weighted by molar-refractivity contribution is -0.0498. The van der Waals surface area contributed by atoms with Gasteiger partial charge in [0.2, 0.25) is 0 Å². The van der Waals surface area contributed by atoms with Gasteiger partial charge < -0.3 is 15.0 Å². The number of hydrogen-bond acceptors (Lipinski definition) is 4. The molecule has 0 aromatic heterocycles. The van der Waals surface area contributed by atoms with Gasteiger partial charge in [-0.25, -0.2) is 8.42 Å². The van der Waals surface area contributed by atoms with Crippen LogP contribution in [0.25, 0.3) is 0 Å². The summed E-state index contributed by atoms with van der Waals surface area (Å²) < 4.78 is 51.6. The van der Waals surface area contributed by atoms with Gasteiger partial charge in [0.05, 0.1) is 5.75 Å². The zero-order valence-corrected chi connectivity index (χ0v) is 18.0. The van der Waals surface area contributed by atoms with Crippen LogP contribution in [0.1, 0.15) is 32.8 Å². The van der Waals surface area contributed by atoms with Gasteiger partial charge in [0.1, 0.15) is 15.6 Å². The number of nitrogens with one attached hydrogen (secondary N) is 1. The third-order valence-electron chi connectivity index (χ3n) is 4.07. The average Bonchev–Trinajstić information content (AvgIpc) is 2.57. The second-order valence-electron chi connectivity index (χ2n) is 7.59. The summed E-state index contributed by atoms with van der Waals surface area (Å²) in [5, 5.41) is 3.22. The molecule has 0 aliphatic heterocycles. The molecule has 1 rings (SSSR count). The van der Waals surface area contributed by atoms with Gasteiger partial charge in [-0.1, -0.05) is 26.0 Å². The zero-order valence-electron chi connectivity index (χ0n) is 17.2. The monoisotopic (exact) mass is 419 g/mol. The predicted molar refractivity (Wildman–Crippen MR) is 109 cm³/mol. The maximum Gasteiger partial charge on any atom is 0.387 e. The van der Waals surface area contributed by atoms with E-state index in [9.17, 15) is 17.2 Å². The van der Waals surface area contributed by atoms with Crippen molar-refractivity contribution in [1.29, 1.82) is 0 Å². The molecule has 9 heteroatoms. The number of aliphatic imine (C=N–C) groups is 1. The fraction of sp³-hybridized carbons (Fsp3) is 0.632. The number of guanidine groups is 1. The van der Waals surface area contributed by atoms with E-state index in [4.69, 9.17) is 0 Å². The highest BCUT2D eigenvalue weighted by Crippen LogP contribution is 2.22. The van der Waals surface area contributed by atoms with Gasteiger partial charge in [0.15, 0.2) is 5.96 Å². The molecule has 0 heterocycles. The summed E-state index contributed by atoms with van der Waals surface area (Å²) in [7, 11) is -1.12. The van der Waals surface area contributed by atoms with Gasteiger partial charge in [-0.3, -0.25) is 4.99 Å². The fourth-order valence-corrected chi connectivity index (χ4v) is 3.35. The van der Waals surface area contributed by atoms with E-state index in [0.717, 1.165) is 5.56 Å². The van der Waals surface area contributed by atoms with E-state index in [-0.39, 0.29) is 16.9 Å². The molecule has 0 aliphatic rings. The average molecular weight is 420 g/mol. The number of nitrogens with zero attached hydrogens (tertiary/aromatic N) is 2. The minimum Gasteiger partial charge on any atom is -0.435 e. The molecule has 6 nitrogen and oxygen atoms in total. The van der Waals surface area contributed by atoms with Crippen molar-refractivity contribution in [2.45, 2.75) is 40.3 Å². The van der Waals surface area contributed by atoms with E-state index in [1.807, 2.05) is 32.7 Å². The smallest absolute Gasteiger partial charge is 0.387 e.